The number of nitrogens with one attached hydrogen (secondary N) is 1. The molecule has 2 N–H and O–H groups in total. The van der Waals surface area contributed by atoms with Gasteiger partial charge in [-0.1, -0.05) is 12.8 Å². The summed E-state index contributed by atoms with van der Waals surface area (Å²) in [6.07, 6.45) is 2.39. The molecule has 0 spiro atoms. The van der Waals surface area contributed by atoms with E-state index in [4.69, 9.17) is 0 Å². The largest absolute Gasteiger partial charge is 0.391 e. The lowest BCUT2D eigenvalue weighted by atomic mass is 9.93. The van der Waals surface area contributed by atoms with Gasteiger partial charge < -0.3 is 5.11 Å². The molecule has 1 fully saturated rings. The molecule has 0 bridgehead atoms. The SMILES string of the molecule is Cc1cc(F)ccc1S(=O)(=O)N[C@@H]1CCCC[C@H]1O. The summed E-state index contributed by atoms with van der Waals surface area (Å²) in [6, 6.07) is 3.11. The Labute approximate surface area is 112 Å². The number of rotatable bonds is 3. The van der Waals surface area contributed by atoms with Gasteiger partial charge in [-0.15, -0.1) is 0 Å². The lowest BCUT2D eigenvalue weighted by molar-refractivity contribution is 0.101. The summed E-state index contributed by atoms with van der Waals surface area (Å²) in [5, 5.41) is 9.81. The van der Waals surface area contributed by atoms with E-state index in [0.717, 1.165) is 18.9 Å². The van der Waals surface area contributed by atoms with Crippen LogP contribution in [-0.2, 0) is 10.0 Å². The molecule has 0 amide bonds. The summed E-state index contributed by atoms with van der Waals surface area (Å²) in [6.45, 7) is 1.55. The predicted molar refractivity (Wildman–Crippen MR) is 69.7 cm³/mol. The molecule has 1 aliphatic carbocycles. The van der Waals surface area contributed by atoms with Crippen LogP contribution >= 0.6 is 0 Å². The Balaban J connectivity index is 2.22. The molecule has 1 aromatic carbocycles. The summed E-state index contributed by atoms with van der Waals surface area (Å²) >= 11 is 0. The molecule has 0 heterocycles. The molecule has 2 rings (SSSR count). The topological polar surface area (TPSA) is 66.4 Å². The van der Waals surface area contributed by atoms with E-state index >= 15 is 0 Å². The second-order valence-corrected chi connectivity index (χ2v) is 6.67. The summed E-state index contributed by atoms with van der Waals surface area (Å²) in [4.78, 5) is 0.0617. The van der Waals surface area contributed by atoms with E-state index < -0.39 is 28.0 Å². The lowest BCUT2D eigenvalue weighted by Crippen LogP contribution is -2.45. The molecule has 4 nitrogen and oxygen atoms in total. The highest BCUT2D eigenvalue weighted by atomic mass is 32.2. The van der Waals surface area contributed by atoms with Crippen molar-refractivity contribution in [3.63, 3.8) is 0 Å². The van der Waals surface area contributed by atoms with Crippen molar-refractivity contribution in [2.75, 3.05) is 0 Å². The summed E-state index contributed by atoms with van der Waals surface area (Å²) in [5.74, 6) is -0.464. The van der Waals surface area contributed by atoms with Crippen molar-refractivity contribution in [3.05, 3.63) is 29.6 Å². The Kier molecular flexibility index (Phi) is 4.23. The van der Waals surface area contributed by atoms with Crippen molar-refractivity contribution in [1.29, 1.82) is 0 Å². The molecule has 0 aliphatic heterocycles. The third-order valence-electron chi connectivity index (χ3n) is 3.46. The highest BCUT2D eigenvalue weighted by Crippen LogP contribution is 2.22. The van der Waals surface area contributed by atoms with Gasteiger partial charge in [0.05, 0.1) is 11.0 Å². The van der Waals surface area contributed by atoms with Crippen LogP contribution in [0.15, 0.2) is 23.1 Å². The minimum Gasteiger partial charge on any atom is -0.391 e. The summed E-state index contributed by atoms with van der Waals surface area (Å²) in [5.41, 5.74) is 0.359. The van der Waals surface area contributed by atoms with Crippen molar-refractivity contribution < 1.29 is 17.9 Å². The molecule has 0 aromatic heterocycles. The van der Waals surface area contributed by atoms with Crippen LogP contribution in [0.5, 0.6) is 0 Å². The van der Waals surface area contributed by atoms with E-state index in [1.165, 1.54) is 12.1 Å². The van der Waals surface area contributed by atoms with Gasteiger partial charge in [0.2, 0.25) is 10.0 Å². The highest BCUT2D eigenvalue weighted by molar-refractivity contribution is 7.89. The van der Waals surface area contributed by atoms with Gasteiger partial charge in [-0.3, -0.25) is 0 Å². The molecule has 0 unspecified atom stereocenters. The van der Waals surface area contributed by atoms with Gasteiger partial charge in [0.25, 0.3) is 0 Å². The minimum absolute atomic E-state index is 0.0617. The van der Waals surface area contributed by atoms with Gasteiger partial charge in [0.15, 0.2) is 0 Å². The molecule has 2 atom stereocenters. The standard InChI is InChI=1S/C13H18FNO3S/c1-9-8-10(14)6-7-13(9)19(17,18)15-11-4-2-3-5-12(11)16/h6-8,11-12,15-16H,2-5H2,1H3/t11-,12-/m1/s1. The first-order valence-corrected chi connectivity index (χ1v) is 7.85. The smallest absolute Gasteiger partial charge is 0.241 e. The fourth-order valence-electron chi connectivity index (χ4n) is 2.43. The fraction of sp³-hybridized carbons (Fsp3) is 0.538. The van der Waals surface area contributed by atoms with Crippen LogP contribution in [0.4, 0.5) is 4.39 Å². The van der Waals surface area contributed by atoms with E-state index in [1.807, 2.05) is 0 Å². The number of hydrogen-bond donors (Lipinski definition) is 2. The molecule has 1 saturated carbocycles. The average molecular weight is 287 g/mol. The molecule has 0 saturated heterocycles. The van der Waals surface area contributed by atoms with Gasteiger partial charge in [-0.25, -0.2) is 17.5 Å². The average Bonchev–Trinajstić information content (AvgIpc) is 2.31. The van der Waals surface area contributed by atoms with E-state index in [2.05, 4.69) is 4.72 Å². The first-order chi connectivity index (χ1) is 8.90. The quantitative estimate of drug-likeness (QED) is 0.889. The zero-order chi connectivity index (χ0) is 14.0. The third-order valence-corrected chi connectivity index (χ3v) is 5.11. The van der Waals surface area contributed by atoms with Crippen molar-refractivity contribution in [2.24, 2.45) is 0 Å². The van der Waals surface area contributed by atoms with Crippen molar-refractivity contribution in [3.8, 4) is 0 Å². The van der Waals surface area contributed by atoms with Crippen molar-refractivity contribution >= 4 is 10.0 Å². The second-order valence-electron chi connectivity index (χ2n) is 4.99. The number of aryl methyl sites for hydroxylation is 1. The first-order valence-electron chi connectivity index (χ1n) is 6.37. The maximum absolute atomic E-state index is 13.0. The molecule has 0 radical (unpaired) electrons. The van der Waals surface area contributed by atoms with Crippen LogP contribution in [0.1, 0.15) is 31.2 Å². The van der Waals surface area contributed by atoms with Crippen LogP contribution in [0.3, 0.4) is 0 Å². The first kappa shape index (κ1) is 14.4. The third kappa shape index (κ3) is 3.32. The number of sulfonamides is 1. The van der Waals surface area contributed by atoms with Crippen LogP contribution in [0.2, 0.25) is 0 Å². The highest BCUT2D eigenvalue weighted by Gasteiger charge is 2.28. The van der Waals surface area contributed by atoms with Crippen LogP contribution in [0.25, 0.3) is 0 Å². The number of benzene rings is 1. The molecule has 106 valence electrons. The molecule has 6 heteroatoms. The van der Waals surface area contributed by atoms with Crippen LogP contribution in [0, 0.1) is 12.7 Å². The van der Waals surface area contributed by atoms with Gasteiger partial charge in [-0.2, -0.15) is 0 Å². The Morgan fingerprint density at radius 1 is 1.32 bits per heavy atom. The molecular weight excluding hydrogens is 269 g/mol. The number of aliphatic hydroxyl groups is 1. The fourth-order valence-corrected chi connectivity index (χ4v) is 3.96. The van der Waals surface area contributed by atoms with Crippen molar-refractivity contribution in [2.45, 2.75) is 49.6 Å². The monoisotopic (exact) mass is 287 g/mol. The Bertz CT molecular complexity index is 559. The van der Waals surface area contributed by atoms with E-state index in [0.29, 0.717) is 18.4 Å². The Morgan fingerprint density at radius 2 is 2.00 bits per heavy atom. The van der Waals surface area contributed by atoms with Gasteiger partial charge in [-0.05, 0) is 43.5 Å². The van der Waals surface area contributed by atoms with Crippen LogP contribution in [-0.4, -0.2) is 25.7 Å². The van der Waals surface area contributed by atoms with E-state index in [9.17, 15) is 17.9 Å². The molecular formula is C13H18FNO3S. The maximum Gasteiger partial charge on any atom is 0.241 e. The van der Waals surface area contributed by atoms with Gasteiger partial charge in [0, 0.05) is 6.04 Å². The molecule has 1 aliphatic rings. The molecule has 19 heavy (non-hydrogen) atoms. The molecule has 1 aromatic rings. The maximum atomic E-state index is 13.0. The number of hydrogen-bond acceptors (Lipinski definition) is 3. The van der Waals surface area contributed by atoms with E-state index in [-0.39, 0.29) is 4.90 Å². The number of aliphatic hydroxyl groups excluding tert-OH is 1. The zero-order valence-electron chi connectivity index (χ0n) is 10.8. The minimum atomic E-state index is -3.72. The van der Waals surface area contributed by atoms with Gasteiger partial charge >= 0.3 is 0 Å². The predicted octanol–water partition coefficient (Wildman–Crippen LogP) is 1.72. The second kappa shape index (κ2) is 5.56. The van der Waals surface area contributed by atoms with Gasteiger partial charge in [0.1, 0.15) is 5.82 Å². The Hall–Kier alpha value is -0.980. The summed E-state index contributed by atoms with van der Waals surface area (Å²) in [7, 11) is -3.72. The Morgan fingerprint density at radius 3 is 2.63 bits per heavy atom. The van der Waals surface area contributed by atoms with Crippen LogP contribution < -0.4 is 4.72 Å². The van der Waals surface area contributed by atoms with Crippen molar-refractivity contribution in [1.82, 2.24) is 4.72 Å². The number of halogens is 1. The normalized spacial score (nSPS) is 24.4. The summed E-state index contributed by atoms with van der Waals surface area (Å²) < 4.78 is 40.0. The zero-order valence-corrected chi connectivity index (χ0v) is 11.6. The van der Waals surface area contributed by atoms with E-state index in [1.54, 1.807) is 6.92 Å². The lowest BCUT2D eigenvalue weighted by Gasteiger charge is -2.28.